The van der Waals surface area contributed by atoms with Crippen LogP contribution in [0.5, 0.6) is 0 Å². The predicted octanol–water partition coefficient (Wildman–Crippen LogP) is 3.40. The third kappa shape index (κ3) is 4.01. The zero-order valence-electron chi connectivity index (χ0n) is 11.9. The molecule has 0 unspecified atom stereocenters. The van der Waals surface area contributed by atoms with E-state index in [1.54, 1.807) is 12.1 Å². The first kappa shape index (κ1) is 15.4. The lowest BCUT2D eigenvalue weighted by molar-refractivity contribution is 0.627. The van der Waals surface area contributed by atoms with Crippen molar-refractivity contribution in [2.75, 3.05) is 5.32 Å². The second kappa shape index (κ2) is 6.70. The molecule has 0 saturated carbocycles. The fourth-order valence-electron chi connectivity index (χ4n) is 2.03. The van der Waals surface area contributed by atoms with Gasteiger partial charge in [0.05, 0.1) is 0 Å². The zero-order chi connectivity index (χ0) is 16.2. The number of nitrogens with zero attached hydrogens (tertiary/aromatic N) is 2. The van der Waals surface area contributed by atoms with Crippen molar-refractivity contribution in [3.8, 4) is 0 Å². The number of anilines is 2. The number of halogens is 2. The Balaban J connectivity index is 1.78. The van der Waals surface area contributed by atoms with E-state index in [0.29, 0.717) is 6.42 Å². The molecule has 0 saturated heterocycles. The van der Waals surface area contributed by atoms with E-state index >= 15 is 0 Å². The molecule has 0 fully saturated rings. The van der Waals surface area contributed by atoms with Crippen LogP contribution < -0.4 is 10.9 Å². The maximum Gasteiger partial charge on any atom is 0.274 e. The Kier molecular flexibility index (Phi) is 4.47. The first-order valence-electron chi connectivity index (χ1n) is 6.83. The van der Waals surface area contributed by atoms with Gasteiger partial charge in [0.25, 0.3) is 5.56 Å². The molecular weight excluding hydrogens is 363 g/mol. The SMILES string of the molecule is O=c1[nH]c(Nc2cccc(Br)c2)nnc1Cc1ccc(F)cc1. The van der Waals surface area contributed by atoms with Crippen molar-refractivity contribution in [2.45, 2.75) is 6.42 Å². The molecule has 2 aromatic carbocycles. The Morgan fingerprint density at radius 3 is 2.61 bits per heavy atom. The molecule has 0 aliphatic rings. The minimum atomic E-state index is -0.332. The summed E-state index contributed by atoms with van der Waals surface area (Å²) in [5, 5.41) is 10.9. The van der Waals surface area contributed by atoms with Gasteiger partial charge in [-0.1, -0.05) is 34.1 Å². The summed E-state index contributed by atoms with van der Waals surface area (Å²) in [5.41, 5.74) is 1.51. The van der Waals surface area contributed by atoms with Crippen LogP contribution in [-0.4, -0.2) is 15.2 Å². The molecule has 0 spiro atoms. The highest BCUT2D eigenvalue weighted by Gasteiger charge is 2.07. The average molecular weight is 375 g/mol. The van der Waals surface area contributed by atoms with Crippen molar-refractivity contribution < 1.29 is 4.39 Å². The molecular formula is C16H12BrFN4O. The van der Waals surface area contributed by atoms with Crippen LogP contribution in [0.15, 0.2) is 57.8 Å². The highest BCUT2D eigenvalue weighted by atomic mass is 79.9. The molecule has 0 bridgehead atoms. The molecule has 0 aliphatic heterocycles. The van der Waals surface area contributed by atoms with Gasteiger partial charge in [0, 0.05) is 16.6 Å². The number of hydrogen-bond donors (Lipinski definition) is 2. The van der Waals surface area contributed by atoms with Crippen molar-refractivity contribution in [1.29, 1.82) is 0 Å². The minimum absolute atomic E-state index is 0.260. The number of benzene rings is 2. The van der Waals surface area contributed by atoms with E-state index in [9.17, 15) is 9.18 Å². The van der Waals surface area contributed by atoms with E-state index in [1.807, 2.05) is 24.3 Å². The summed E-state index contributed by atoms with van der Waals surface area (Å²) in [6.45, 7) is 0. The van der Waals surface area contributed by atoms with Gasteiger partial charge in [0.1, 0.15) is 11.5 Å². The van der Waals surface area contributed by atoms with Gasteiger partial charge in [-0.25, -0.2) is 4.39 Å². The highest BCUT2D eigenvalue weighted by Crippen LogP contribution is 2.17. The van der Waals surface area contributed by atoms with Crippen LogP contribution in [0, 0.1) is 5.82 Å². The molecule has 7 heteroatoms. The molecule has 3 aromatic rings. The largest absolute Gasteiger partial charge is 0.324 e. The monoisotopic (exact) mass is 374 g/mol. The van der Waals surface area contributed by atoms with Crippen molar-refractivity contribution in [1.82, 2.24) is 15.2 Å². The third-order valence-electron chi connectivity index (χ3n) is 3.14. The topological polar surface area (TPSA) is 70.7 Å². The summed E-state index contributed by atoms with van der Waals surface area (Å²) in [4.78, 5) is 14.7. The van der Waals surface area contributed by atoms with Crippen LogP contribution in [0.3, 0.4) is 0 Å². The lowest BCUT2D eigenvalue weighted by atomic mass is 10.1. The number of aromatic nitrogens is 3. The van der Waals surface area contributed by atoms with E-state index in [4.69, 9.17) is 0 Å². The second-order valence-electron chi connectivity index (χ2n) is 4.89. The average Bonchev–Trinajstić information content (AvgIpc) is 2.52. The Bertz CT molecular complexity index is 880. The molecule has 0 atom stereocenters. The van der Waals surface area contributed by atoms with Gasteiger partial charge in [-0.2, -0.15) is 0 Å². The fraction of sp³-hybridized carbons (Fsp3) is 0.0625. The molecule has 1 aromatic heterocycles. The molecule has 3 rings (SSSR count). The first-order chi connectivity index (χ1) is 11.1. The van der Waals surface area contributed by atoms with Crippen molar-refractivity contribution in [3.63, 3.8) is 0 Å². The Labute approximate surface area is 139 Å². The van der Waals surface area contributed by atoms with Gasteiger partial charge in [-0.3, -0.25) is 9.78 Å². The van der Waals surface area contributed by atoms with Gasteiger partial charge < -0.3 is 5.32 Å². The summed E-state index contributed by atoms with van der Waals surface area (Å²) >= 11 is 3.37. The van der Waals surface area contributed by atoms with Crippen LogP contribution in [0.4, 0.5) is 16.0 Å². The standard InChI is InChI=1S/C16H12BrFN4O/c17-11-2-1-3-13(9-11)19-16-20-15(23)14(21-22-16)8-10-4-6-12(18)7-5-10/h1-7,9H,8H2,(H2,19,20,22,23). The van der Waals surface area contributed by atoms with Gasteiger partial charge in [0.15, 0.2) is 0 Å². The van der Waals surface area contributed by atoms with Crippen molar-refractivity contribution in [2.24, 2.45) is 0 Å². The molecule has 0 aliphatic carbocycles. The quantitative estimate of drug-likeness (QED) is 0.733. The summed E-state index contributed by atoms with van der Waals surface area (Å²) in [7, 11) is 0. The van der Waals surface area contributed by atoms with Crippen LogP contribution in [0.1, 0.15) is 11.3 Å². The molecule has 23 heavy (non-hydrogen) atoms. The second-order valence-corrected chi connectivity index (χ2v) is 5.80. The molecule has 2 N–H and O–H groups in total. The normalized spacial score (nSPS) is 10.5. The maximum atomic E-state index is 12.9. The fourth-order valence-corrected chi connectivity index (χ4v) is 2.43. The van der Waals surface area contributed by atoms with Gasteiger partial charge in [-0.15, -0.1) is 10.2 Å². The smallest absolute Gasteiger partial charge is 0.274 e. The van der Waals surface area contributed by atoms with Gasteiger partial charge in [-0.05, 0) is 35.9 Å². The molecule has 0 radical (unpaired) electrons. The number of nitrogens with one attached hydrogen (secondary N) is 2. The van der Waals surface area contributed by atoms with E-state index in [2.05, 4.69) is 36.4 Å². The predicted molar refractivity (Wildman–Crippen MR) is 89.3 cm³/mol. The summed E-state index contributed by atoms with van der Waals surface area (Å²) in [6, 6.07) is 13.4. The number of hydrogen-bond acceptors (Lipinski definition) is 4. The lowest BCUT2D eigenvalue weighted by Gasteiger charge is -2.06. The zero-order valence-corrected chi connectivity index (χ0v) is 13.5. The highest BCUT2D eigenvalue weighted by molar-refractivity contribution is 9.10. The van der Waals surface area contributed by atoms with Crippen LogP contribution >= 0.6 is 15.9 Å². The third-order valence-corrected chi connectivity index (χ3v) is 3.63. The molecule has 5 nitrogen and oxygen atoms in total. The molecule has 0 amide bonds. The Hall–Kier alpha value is -2.54. The molecule has 116 valence electrons. The van der Waals surface area contributed by atoms with E-state index in [-0.39, 0.29) is 23.0 Å². The number of aromatic amines is 1. The summed E-state index contributed by atoms with van der Waals surface area (Å²) in [5.74, 6) is -0.0572. The van der Waals surface area contributed by atoms with E-state index in [1.165, 1.54) is 12.1 Å². The first-order valence-corrected chi connectivity index (χ1v) is 7.62. The molecule has 1 heterocycles. The van der Waals surface area contributed by atoms with E-state index < -0.39 is 0 Å². The maximum absolute atomic E-state index is 12.9. The van der Waals surface area contributed by atoms with Gasteiger partial charge in [0.2, 0.25) is 5.95 Å². The van der Waals surface area contributed by atoms with Gasteiger partial charge >= 0.3 is 0 Å². The Morgan fingerprint density at radius 1 is 1.13 bits per heavy atom. The number of H-pyrrole nitrogens is 1. The lowest BCUT2D eigenvalue weighted by Crippen LogP contribution is -2.18. The van der Waals surface area contributed by atoms with Crippen molar-refractivity contribution >= 4 is 27.6 Å². The van der Waals surface area contributed by atoms with Crippen molar-refractivity contribution in [3.05, 3.63) is 80.4 Å². The minimum Gasteiger partial charge on any atom is -0.324 e. The Morgan fingerprint density at radius 2 is 1.91 bits per heavy atom. The number of rotatable bonds is 4. The summed E-state index contributed by atoms with van der Waals surface area (Å²) in [6.07, 6.45) is 0.291. The van der Waals surface area contributed by atoms with Crippen LogP contribution in [0.2, 0.25) is 0 Å². The van der Waals surface area contributed by atoms with Crippen LogP contribution in [-0.2, 0) is 6.42 Å². The van der Waals surface area contributed by atoms with E-state index in [0.717, 1.165) is 15.7 Å². The van der Waals surface area contributed by atoms with Crippen LogP contribution in [0.25, 0.3) is 0 Å². The summed E-state index contributed by atoms with van der Waals surface area (Å²) < 4.78 is 13.8.